The van der Waals surface area contributed by atoms with Gasteiger partial charge in [-0.05, 0) is 36.8 Å². The Morgan fingerprint density at radius 1 is 1.48 bits per heavy atom. The number of thiophene rings is 1. The molecule has 3 rings (SSSR count). The van der Waals surface area contributed by atoms with Crippen LogP contribution < -0.4 is 5.73 Å². The number of rotatable bonds is 4. The highest BCUT2D eigenvalue weighted by Gasteiger charge is 2.39. The lowest BCUT2D eigenvalue weighted by Gasteiger charge is -2.43. The molecule has 1 aromatic heterocycles. The van der Waals surface area contributed by atoms with Crippen LogP contribution in [0.4, 0.5) is 0 Å². The van der Waals surface area contributed by atoms with Crippen LogP contribution in [0, 0.1) is 6.92 Å². The van der Waals surface area contributed by atoms with Gasteiger partial charge in [0.25, 0.3) is 0 Å². The van der Waals surface area contributed by atoms with E-state index in [2.05, 4.69) is 35.1 Å². The second-order valence-electron chi connectivity index (χ2n) is 6.26. The zero-order valence-electron chi connectivity index (χ0n) is 12.9. The van der Waals surface area contributed by atoms with Crippen LogP contribution >= 0.6 is 11.3 Å². The molecule has 3 heterocycles. The van der Waals surface area contributed by atoms with Gasteiger partial charge in [-0.25, -0.2) is 0 Å². The molecule has 0 radical (unpaired) electrons. The van der Waals surface area contributed by atoms with Crippen molar-refractivity contribution in [3.63, 3.8) is 0 Å². The van der Waals surface area contributed by atoms with Crippen molar-refractivity contribution in [2.75, 3.05) is 19.6 Å². The largest absolute Gasteiger partial charge is 0.337 e. The Bertz CT molecular complexity index is 515. The van der Waals surface area contributed by atoms with Gasteiger partial charge in [0.15, 0.2) is 0 Å². The zero-order chi connectivity index (χ0) is 15.0. The van der Waals surface area contributed by atoms with Gasteiger partial charge in [0.05, 0.1) is 6.04 Å². The number of fused-ring (bicyclic) bond motifs is 1. The molecule has 0 bridgehead atoms. The van der Waals surface area contributed by atoms with E-state index in [9.17, 15) is 4.79 Å². The lowest BCUT2D eigenvalue weighted by molar-refractivity contribution is -0.131. The van der Waals surface area contributed by atoms with E-state index in [4.69, 9.17) is 5.73 Å². The summed E-state index contributed by atoms with van der Waals surface area (Å²) in [4.78, 5) is 17.8. The molecular weight excluding hydrogens is 282 g/mol. The van der Waals surface area contributed by atoms with Crippen molar-refractivity contribution in [1.29, 1.82) is 0 Å². The van der Waals surface area contributed by atoms with Gasteiger partial charge < -0.3 is 10.6 Å². The number of aryl methyl sites for hydroxylation is 1. The molecule has 2 aliphatic heterocycles. The third-order valence-corrected chi connectivity index (χ3v) is 6.06. The standard InChI is InChI=1S/C16H25N3OS/c1-3-13(17)15(16-11(2)6-9-21-16)18-7-8-19-12(10-18)4-5-14(19)20/h6,9,12-13,15H,3-5,7-8,10,17H2,1-2H3. The first-order valence-electron chi connectivity index (χ1n) is 7.95. The monoisotopic (exact) mass is 307 g/mol. The molecule has 1 amide bonds. The van der Waals surface area contributed by atoms with Crippen molar-refractivity contribution in [3.8, 4) is 0 Å². The summed E-state index contributed by atoms with van der Waals surface area (Å²) in [7, 11) is 0. The predicted octanol–water partition coefficient (Wildman–Crippen LogP) is 2.14. The molecule has 2 aliphatic rings. The number of amides is 1. The molecule has 0 aromatic carbocycles. The van der Waals surface area contributed by atoms with E-state index in [0.29, 0.717) is 18.0 Å². The van der Waals surface area contributed by atoms with Gasteiger partial charge >= 0.3 is 0 Å². The van der Waals surface area contributed by atoms with Gasteiger partial charge in [-0.3, -0.25) is 9.69 Å². The van der Waals surface area contributed by atoms with E-state index < -0.39 is 0 Å². The Morgan fingerprint density at radius 3 is 2.95 bits per heavy atom. The average Bonchev–Trinajstić information content (AvgIpc) is 3.06. The van der Waals surface area contributed by atoms with Gasteiger partial charge in [-0.2, -0.15) is 0 Å². The Hall–Kier alpha value is -0.910. The highest BCUT2D eigenvalue weighted by molar-refractivity contribution is 7.10. The summed E-state index contributed by atoms with van der Waals surface area (Å²) in [6.45, 7) is 7.12. The molecule has 3 atom stereocenters. The van der Waals surface area contributed by atoms with Crippen LogP contribution in [-0.4, -0.2) is 47.4 Å². The van der Waals surface area contributed by atoms with Crippen LogP contribution in [0.1, 0.15) is 42.7 Å². The van der Waals surface area contributed by atoms with E-state index in [1.807, 2.05) is 11.3 Å². The topological polar surface area (TPSA) is 49.6 Å². The summed E-state index contributed by atoms with van der Waals surface area (Å²) in [5, 5.41) is 2.16. The number of nitrogens with zero attached hydrogens (tertiary/aromatic N) is 2. The van der Waals surface area contributed by atoms with Crippen LogP contribution in [0.3, 0.4) is 0 Å². The maximum atomic E-state index is 11.8. The van der Waals surface area contributed by atoms with Crippen LogP contribution in [0.2, 0.25) is 0 Å². The molecule has 2 N–H and O–H groups in total. The molecule has 0 aliphatic carbocycles. The lowest BCUT2D eigenvalue weighted by atomic mass is 9.98. The van der Waals surface area contributed by atoms with Crippen molar-refractivity contribution in [3.05, 3.63) is 21.9 Å². The van der Waals surface area contributed by atoms with Crippen LogP contribution in [0.5, 0.6) is 0 Å². The SMILES string of the molecule is CCC(N)C(c1sccc1C)N1CCN2C(=O)CCC2C1. The molecule has 4 nitrogen and oxygen atoms in total. The molecule has 2 saturated heterocycles. The average molecular weight is 307 g/mol. The predicted molar refractivity (Wildman–Crippen MR) is 86.4 cm³/mol. The number of hydrogen-bond acceptors (Lipinski definition) is 4. The Balaban J connectivity index is 1.81. The second kappa shape index (κ2) is 6.07. The first-order valence-corrected chi connectivity index (χ1v) is 8.83. The van der Waals surface area contributed by atoms with Crippen molar-refractivity contribution in [2.45, 2.75) is 51.2 Å². The molecule has 0 saturated carbocycles. The Morgan fingerprint density at radius 2 is 2.29 bits per heavy atom. The summed E-state index contributed by atoms with van der Waals surface area (Å²) in [6, 6.07) is 3.04. The maximum Gasteiger partial charge on any atom is 0.222 e. The summed E-state index contributed by atoms with van der Waals surface area (Å²) < 4.78 is 0. The lowest BCUT2D eigenvalue weighted by Crippen LogP contribution is -2.54. The maximum absolute atomic E-state index is 11.8. The van der Waals surface area contributed by atoms with E-state index >= 15 is 0 Å². The fourth-order valence-corrected chi connectivity index (χ4v) is 4.82. The third kappa shape index (κ3) is 2.74. The van der Waals surface area contributed by atoms with Crippen LogP contribution in [0.15, 0.2) is 11.4 Å². The number of hydrogen-bond donors (Lipinski definition) is 1. The van der Waals surface area contributed by atoms with Crippen LogP contribution in [-0.2, 0) is 4.79 Å². The van der Waals surface area contributed by atoms with E-state index in [1.54, 1.807) is 0 Å². The van der Waals surface area contributed by atoms with Crippen molar-refractivity contribution in [1.82, 2.24) is 9.80 Å². The number of carbonyl (C=O) groups excluding carboxylic acids is 1. The highest BCUT2D eigenvalue weighted by atomic mass is 32.1. The summed E-state index contributed by atoms with van der Waals surface area (Å²) >= 11 is 1.82. The summed E-state index contributed by atoms with van der Waals surface area (Å²) in [5.74, 6) is 0.336. The molecule has 21 heavy (non-hydrogen) atoms. The van der Waals surface area contributed by atoms with E-state index in [0.717, 1.165) is 38.9 Å². The van der Waals surface area contributed by atoms with Crippen LogP contribution in [0.25, 0.3) is 0 Å². The van der Waals surface area contributed by atoms with Gasteiger partial charge in [0, 0.05) is 43.0 Å². The minimum absolute atomic E-state index is 0.158. The van der Waals surface area contributed by atoms with E-state index in [-0.39, 0.29) is 6.04 Å². The molecule has 3 unspecified atom stereocenters. The second-order valence-corrected chi connectivity index (χ2v) is 7.21. The first kappa shape index (κ1) is 15.0. The normalized spacial score (nSPS) is 26.0. The molecule has 5 heteroatoms. The first-order chi connectivity index (χ1) is 10.1. The molecule has 116 valence electrons. The van der Waals surface area contributed by atoms with Crippen molar-refractivity contribution >= 4 is 17.2 Å². The minimum Gasteiger partial charge on any atom is -0.337 e. The van der Waals surface area contributed by atoms with Gasteiger partial charge in [0.2, 0.25) is 5.91 Å². The fourth-order valence-electron chi connectivity index (χ4n) is 3.68. The van der Waals surface area contributed by atoms with E-state index in [1.165, 1.54) is 10.4 Å². The van der Waals surface area contributed by atoms with Gasteiger partial charge in [0.1, 0.15) is 0 Å². The quantitative estimate of drug-likeness (QED) is 0.927. The third-order valence-electron chi connectivity index (χ3n) is 4.97. The van der Waals surface area contributed by atoms with Gasteiger partial charge in [-0.15, -0.1) is 11.3 Å². The number of nitrogens with two attached hydrogens (primary N) is 1. The molecular formula is C16H25N3OS. The van der Waals surface area contributed by atoms with Crippen molar-refractivity contribution in [2.24, 2.45) is 5.73 Å². The van der Waals surface area contributed by atoms with Gasteiger partial charge in [-0.1, -0.05) is 6.92 Å². The smallest absolute Gasteiger partial charge is 0.222 e. The fraction of sp³-hybridized carbons (Fsp3) is 0.688. The minimum atomic E-state index is 0.158. The molecule has 2 fully saturated rings. The van der Waals surface area contributed by atoms with Crippen molar-refractivity contribution < 1.29 is 4.79 Å². The summed E-state index contributed by atoms with van der Waals surface area (Å²) in [6.07, 6.45) is 2.71. The number of piperazine rings is 1. The Labute approximate surface area is 130 Å². The number of carbonyl (C=O) groups is 1. The Kier molecular flexibility index (Phi) is 4.33. The molecule has 1 aromatic rings. The summed E-state index contributed by atoms with van der Waals surface area (Å²) in [5.41, 5.74) is 7.80. The molecule has 0 spiro atoms. The highest BCUT2D eigenvalue weighted by Crippen LogP contribution is 2.35. The zero-order valence-corrected chi connectivity index (χ0v) is 13.7.